The molecule has 32 heavy (non-hydrogen) atoms. The van der Waals surface area contributed by atoms with Crippen molar-refractivity contribution in [1.82, 2.24) is 14.7 Å². The maximum absolute atomic E-state index is 12.4. The van der Waals surface area contributed by atoms with Crippen LogP contribution in [0.3, 0.4) is 0 Å². The quantitative estimate of drug-likeness (QED) is 0.474. The third-order valence-electron chi connectivity index (χ3n) is 5.08. The van der Waals surface area contributed by atoms with Crippen LogP contribution in [0.4, 0.5) is 16.3 Å². The van der Waals surface area contributed by atoms with E-state index in [4.69, 9.17) is 4.74 Å². The Hall–Kier alpha value is -2.87. The van der Waals surface area contributed by atoms with E-state index in [9.17, 15) is 9.59 Å². The molecule has 0 unspecified atom stereocenters. The van der Waals surface area contributed by atoms with Crippen LogP contribution >= 0.6 is 0 Å². The van der Waals surface area contributed by atoms with Crippen molar-refractivity contribution in [2.75, 3.05) is 50.6 Å². The van der Waals surface area contributed by atoms with Gasteiger partial charge in [0.1, 0.15) is 5.82 Å². The minimum Gasteiger partial charge on any atom is -0.449 e. The first-order valence-corrected chi connectivity index (χ1v) is 11.4. The molecule has 0 aliphatic carbocycles. The smallest absolute Gasteiger partial charge is 0.411 e. The number of benzene rings is 1. The molecule has 0 saturated heterocycles. The summed E-state index contributed by atoms with van der Waals surface area (Å²) >= 11 is 0. The van der Waals surface area contributed by atoms with Gasteiger partial charge in [-0.3, -0.25) is 10.1 Å². The molecule has 0 spiro atoms. The lowest BCUT2D eigenvalue weighted by atomic mass is 10.2. The molecule has 1 N–H and O–H groups in total. The van der Waals surface area contributed by atoms with Gasteiger partial charge in [-0.05, 0) is 70.6 Å². The zero-order chi connectivity index (χ0) is 23.3. The predicted molar refractivity (Wildman–Crippen MR) is 130 cm³/mol. The van der Waals surface area contributed by atoms with Crippen LogP contribution < -0.4 is 15.8 Å². The summed E-state index contributed by atoms with van der Waals surface area (Å²) in [6, 6.07) is 10.7. The molecule has 1 heterocycles. The maximum atomic E-state index is 12.4. The molecule has 0 saturated carbocycles. The summed E-state index contributed by atoms with van der Waals surface area (Å²) in [6.45, 7) is 7.67. The molecule has 2 aromatic rings. The number of aromatic nitrogens is 2. The molecule has 1 aromatic carbocycles. The van der Waals surface area contributed by atoms with Gasteiger partial charge < -0.3 is 14.5 Å². The van der Waals surface area contributed by atoms with E-state index in [2.05, 4.69) is 34.1 Å². The molecule has 0 aliphatic rings. The number of nitrogens with zero attached hydrogens (tertiary/aromatic N) is 4. The van der Waals surface area contributed by atoms with E-state index >= 15 is 0 Å². The molecular weight excluding hydrogens is 406 g/mol. The van der Waals surface area contributed by atoms with Crippen molar-refractivity contribution in [1.29, 1.82) is 0 Å². The molecule has 2 rings (SSSR count). The molecule has 0 aliphatic heterocycles. The van der Waals surface area contributed by atoms with Crippen LogP contribution in [-0.2, 0) is 11.3 Å². The van der Waals surface area contributed by atoms with E-state index in [1.807, 2.05) is 32.3 Å². The van der Waals surface area contributed by atoms with Crippen molar-refractivity contribution in [2.24, 2.45) is 0 Å². The first kappa shape index (κ1) is 25.4. The summed E-state index contributed by atoms with van der Waals surface area (Å²) in [7, 11) is 4.04. The van der Waals surface area contributed by atoms with E-state index < -0.39 is 6.09 Å². The number of hydrogen-bond donors (Lipinski definition) is 1. The zero-order valence-corrected chi connectivity index (χ0v) is 19.8. The third-order valence-corrected chi connectivity index (χ3v) is 5.08. The molecule has 8 nitrogen and oxygen atoms in total. The van der Waals surface area contributed by atoms with Crippen LogP contribution in [0.2, 0.25) is 0 Å². The van der Waals surface area contributed by atoms with Crippen molar-refractivity contribution in [3.8, 4) is 0 Å². The Balaban J connectivity index is 1.98. The van der Waals surface area contributed by atoms with Gasteiger partial charge in [-0.15, -0.1) is 0 Å². The highest BCUT2D eigenvalue weighted by atomic mass is 16.5. The largest absolute Gasteiger partial charge is 0.449 e. The van der Waals surface area contributed by atoms with Gasteiger partial charge >= 0.3 is 6.09 Å². The van der Waals surface area contributed by atoms with Gasteiger partial charge in [-0.25, -0.2) is 9.48 Å². The van der Waals surface area contributed by atoms with E-state index in [1.54, 1.807) is 18.2 Å². The second kappa shape index (κ2) is 13.5. The topological polar surface area (TPSA) is 79.7 Å². The normalized spacial score (nSPS) is 10.9. The minimum absolute atomic E-state index is 0.157. The lowest BCUT2D eigenvalue weighted by Crippen LogP contribution is -2.30. The van der Waals surface area contributed by atoms with E-state index in [-0.39, 0.29) is 5.56 Å². The first-order chi connectivity index (χ1) is 15.4. The summed E-state index contributed by atoms with van der Waals surface area (Å²) in [5.74, 6) is 0.799. The molecule has 1 aromatic heterocycles. The maximum Gasteiger partial charge on any atom is 0.411 e. The van der Waals surface area contributed by atoms with E-state index in [0.717, 1.165) is 56.7 Å². The second-order valence-corrected chi connectivity index (χ2v) is 8.09. The van der Waals surface area contributed by atoms with Crippen molar-refractivity contribution in [2.45, 2.75) is 46.1 Å². The van der Waals surface area contributed by atoms with Crippen LogP contribution in [0.5, 0.6) is 0 Å². The summed E-state index contributed by atoms with van der Waals surface area (Å²) in [5.41, 5.74) is 1.34. The molecule has 1 amide bonds. The molecule has 0 bridgehead atoms. The average Bonchev–Trinajstić information content (AvgIpc) is 2.76. The lowest BCUT2D eigenvalue weighted by molar-refractivity contribution is 0.158. The van der Waals surface area contributed by atoms with Crippen LogP contribution in [0.1, 0.15) is 45.1 Å². The van der Waals surface area contributed by atoms with Crippen LogP contribution in [-0.4, -0.2) is 61.1 Å². The number of nitrogens with one attached hydrogen (secondary N) is 1. The number of unbranched alkanes of at least 4 members (excludes halogenated alkanes) is 2. The molecule has 8 heteroatoms. The lowest BCUT2D eigenvalue weighted by Gasteiger charge is -2.22. The van der Waals surface area contributed by atoms with Gasteiger partial charge in [0.25, 0.3) is 5.56 Å². The Kier molecular flexibility index (Phi) is 10.7. The van der Waals surface area contributed by atoms with E-state index in [0.29, 0.717) is 18.8 Å². The van der Waals surface area contributed by atoms with Gasteiger partial charge in [0.15, 0.2) is 0 Å². The van der Waals surface area contributed by atoms with Crippen molar-refractivity contribution >= 4 is 17.6 Å². The van der Waals surface area contributed by atoms with Crippen LogP contribution in [0, 0.1) is 0 Å². The highest BCUT2D eigenvalue weighted by Crippen LogP contribution is 2.13. The van der Waals surface area contributed by atoms with Gasteiger partial charge in [0.05, 0.1) is 13.2 Å². The van der Waals surface area contributed by atoms with Crippen LogP contribution in [0.15, 0.2) is 41.2 Å². The number of carbonyl (C=O) groups excluding carboxylic acids is 1. The van der Waals surface area contributed by atoms with Gasteiger partial charge in [-0.1, -0.05) is 25.5 Å². The summed E-state index contributed by atoms with van der Waals surface area (Å²) < 4.78 is 6.71. The monoisotopic (exact) mass is 443 g/mol. The second-order valence-electron chi connectivity index (χ2n) is 8.09. The van der Waals surface area contributed by atoms with Crippen molar-refractivity contribution in [3.05, 3.63) is 52.3 Å². The fourth-order valence-electron chi connectivity index (χ4n) is 3.27. The molecule has 0 fully saturated rings. The third kappa shape index (κ3) is 8.70. The number of carbonyl (C=O) groups is 1. The van der Waals surface area contributed by atoms with Crippen molar-refractivity contribution < 1.29 is 9.53 Å². The minimum atomic E-state index is -0.473. The van der Waals surface area contributed by atoms with Gasteiger partial charge in [-0.2, -0.15) is 5.10 Å². The summed E-state index contributed by atoms with van der Waals surface area (Å²) in [5, 5.41) is 7.32. The first-order valence-electron chi connectivity index (χ1n) is 11.4. The highest BCUT2D eigenvalue weighted by Gasteiger charge is 2.09. The Labute approximate surface area is 191 Å². The Morgan fingerprint density at radius 3 is 2.62 bits per heavy atom. The number of anilines is 2. The molecule has 0 radical (unpaired) electrons. The molecular formula is C24H37N5O3. The van der Waals surface area contributed by atoms with Crippen LogP contribution in [0.25, 0.3) is 0 Å². The van der Waals surface area contributed by atoms with Gasteiger partial charge in [0, 0.05) is 24.8 Å². The number of amides is 1. The number of hydrogen-bond acceptors (Lipinski definition) is 6. The Bertz CT molecular complexity index is 897. The SMILES string of the molecule is CCCCN(CC)c1ccc(=O)n(Cc2cccc(NC(=O)OCCCCN(C)C)c2)n1. The summed E-state index contributed by atoms with van der Waals surface area (Å²) in [6.07, 6.45) is 3.51. The van der Waals surface area contributed by atoms with Gasteiger partial charge in [0.2, 0.25) is 0 Å². The molecule has 0 atom stereocenters. The van der Waals surface area contributed by atoms with Crippen molar-refractivity contribution in [3.63, 3.8) is 0 Å². The highest BCUT2D eigenvalue weighted by molar-refractivity contribution is 5.84. The predicted octanol–water partition coefficient (Wildman–Crippen LogP) is 3.81. The molecule has 176 valence electrons. The summed E-state index contributed by atoms with van der Waals surface area (Å²) in [4.78, 5) is 28.7. The Morgan fingerprint density at radius 1 is 1.09 bits per heavy atom. The number of ether oxygens (including phenoxy) is 1. The Morgan fingerprint density at radius 2 is 1.91 bits per heavy atom. The van der Waals surface area contributed by atoms with E-state index in [1.165, 1.54) is 4.68 Å². The number of rotatable bonds is 13. The zero-order valence-electron chi connectivity index (χ0n) is 19.8. The fourth-order valence-corrected chi connectivity index (χ4v) is 3.27. The standard InChI is InChI=1S/C24H37N5O3/c1-5-7-16-28(6-2)22-13-14-23(30)29(26-22)19-20-11-10-12-21(18-20)25-24(31)32-17-9-8-15-27(3)4/h10-14,18H,5-9,15-17,19H2,1-4H3,(H,25,31). The average molecular weight is 444 g/mol. The fraction of sp³-hybridized carbons (Fsp3) is 0.542.